The molecule has 0 aromatic heterocycles. The lowest BCUT2D eigenvalue weighted by molar-refractivity contribution is 0.139. The molecule has 0 aliphatic carbocycles. The van der Waals surface area contributed by atoms with Crippen LogP contribution in [0.1, 0.15) is 24.8 Å². The number of hydrogen-bond donors (Lipinski definition) is 1. The minimum atomic E-state index is -0.204. The molecule has 2 rings (SSSR count). The van der Waals surface area contributed by atoms with Gasteiger partial charge in [-0.25, -0.2) is 0 Å². The molecule has 0 amide bonds. The molecule has 1 nitrogen and oxygen atoms in total. The van der Waals surface area contributed by atoms with Crippen LogP contribution in [0.25, 0.3) is 0 Å². The average molecular weight is 271 g/mol. The quantitative estimate of drug-likeness (QED) is 0.899. The Morgan fingerprint density at radius 3 is 2.53 bits per heavy atom. The van der Waals surface area contributed by atoms with E-state index in [1.807, 2.05) is 36.0 Å². The van der Waals surface area contributed by atoms with Crippen molar-refractivity contribution >= 4 is 23.4 Å². The maximum absolute atomic E-state index is 10.1. The van der Waals surface area contributed by atoms with Crippen LogP contribution in [-0.2, 0) is 6.42 Å². The largest absolute Gasteiger partial charge is 0.393 e. The van der Waals surface area contributed by atoms with E-state index in [9.17, 15) is 5.11 Å². The van der Waals surface area contributed by atoms with E-state index >= 15 is 0 Å². The summed E-state index contributed by atoms with van der Waals surface area (Å²) in [7, 11) is 0. The van der Waals surface area contributed by atoms with Crippen LogP contribution >= 0.6 is 23.4 Å². The van der Waals surface area contributed by atoms with Crippen LogP contribution in [0.5, 0.6) is 0 Å². The summed E-state index contributed by atoms with van der Waals surface area (Å²) in [5, 5.41) is 10.8. The Hall–Kier alpha value is -0.180. The van der Waals surface area contributed by atoms with Crippen molar-refractivity contribution in [3.05, 3.63) is 34.9 Å². The molecule has 1 N–H and O–H groups in total. The van der Waals surface area contributed by atoms with Gasteiger partial charge in [0.25, 0.3) is 0 Å². The highest BCUT2D eigenvalue weighted by Crippen LogP contribution is 2.27. The van der Waals surface area contributed by atoms with Crippen LogP contribution in [-0.4, -0.2) is 22.7 Å². The monoisotopic (exact) mass is 270 g/mol. The lowest BCUT2D eigenvalue weighted by atomic mass is 9.93. The van der Waals surface area contributed by atoms with E-state index < -0.39 is 0 Å². The Morgan fingerprint density at radius 2 is 1.88 bits per heavy atom. The van der Waals surface area contributed by atoms with E-state index in [1.54, 1.807) is 0 Å². The lowest BCUT2D eigenvalue weighted by Crippen LogP contribution is -2.19. The molecule has 0 bridgehead atoms. The molecule has 1 unspecified atom stereocenters. The highest BCUT2D eigenvalue weighted by atomic mass is 35.5. The summed E-state index contributed by atoms with van der Waals surface area (Å²) in [5.74, 6) is 3.25. The first kappa shape index (κ1) is 13.3. The molecule has 1 saturated heterocycles. The van der Waals surface area contributed by atoms with Gasteiger partial charge in [-0.1, -0.05) is 23.7 Å². The fourth-order valence-corrected chi connectivity index (χ4v) is 3.67. The molecule has 1 aliphatic rings. The van der Waals surface area contributed by atoms with Crippen molar-refractivity contribution < 1.29 is 5.11 Å². The first-order valence-corrected chi connectivity index (χ1v) is 7.77. The summed E-state index contributed by atoms with van der Waals surface area (Å²) >= 11 is 7.87. The van der Waals surface area contributed by atoms with Gasteiger partial charge < -0.3 is 5.11 Å². The zero-order valence-electron chi connectivity index (χ0n) is 9.94. The second-order valence-electron chi connectivity index (χ2n) is 4.78. The van der Waals surface area contributed by atoms with Crippen molar-refractivity contribution in [2.75, 3.05) is 11.5 Å². The third kappa shape index (κ3) is 4.53. The van der Waals surface area contributed by atoms with Crippen molar-refractivity contribution in [3.63, 3.8) is 0 Å². The van der Waals surface area contributed by atoms with Gasteiger partial charge in [0.1, 0.15) is 0 Å². The summed E-state index contributed by atoms with van der Waals surface area (Å²) in [6, 6.07) is 7.78. The summed E-state index contributed by atoms with van der Waals surface area (Å²) in [6.45, 7) is 0. The fraction of sp³-hybridized carbons (Fsp3) is 0.571. The summed E-state index contributed by atoms with van der Waals surface area (Å²) in [6.07, 6.45) is 4.03. The standard InChI is InChI=1S/C14H19ClOS/c15-13-3-1-11(2-4-13)9-14(16)10-12-5-7-17-8-6-12/h1-4,12,14,16H,5-10H2. The van der Waals surface area contributed by atoms with Crippen LogP contribution in [0, 0.1) is 5.92 Å². The lowest BCUT2D eigenvalue weighted by Gasteiger charge is -2.23. The predicted octanol–water partition coefficient (Wildman–Crippen LogP) is 3.78. The molecular weight excluding hydrogens is 252 g/mol. The highest BCUT2D eigenvalue weighted by molar-refractivity contribution is 7.99. The zero-order valence-corrected chi connectivity index (χ0v) is 11.5. The molecule has 0 spiro atoms. The minimum Gasteiger partial charge on any atom is -0.393 e. The van der Waals surface area contributed by atoms with Gasteiger partial charge in [-0.3, -0.25) is 0 Å². The maximum Gasteiger partial charge on any atom is 0.0583 e. The third-order valence-corrected chi connectivity index (χ3v) is 4.63. The molecule has 1 fully saturated rings. The van der Waals surface area contributed by atoms with Crippen molar-refractivity contribution in [1.82, 2.24) is 0 Å². The number of hydrogen-bond acceptors (Lipinski definition) is 2. The average Bonchev–Trinajstić information content (AvgIpc) is 2.33. The Bertz CT molecular complexity index is 333. The van der Waals surface area contributed by atoms with E-state index in [0.29, 0.717) is 0 Å². The second-order valence-corrected chi connectivity index (χ2v) is 6.44. The molecule has 17 heavy (non-hydrogen) atoms. The van der Waals surface area contributed by atoms with Crippen LogP contribution in [0.15, 0.2) is 24.3 Å². The predicted molar refractivity (Wildman–Crippen MR) is 75.8 cm³/mol. The topological polar surface area (TPSA) is 20.2 Å². The van der Waals surface area contributed by atoms with Gasteiger partial charge in [0, 0.05) is 5.02 Å². The number of halogens is 1. The van der Waals surface area contributed by atoms with E-state index in [0.717, 1.165) is 23.8 Å². The molecule has 1 aromatic rings. The number of aliphatic hydroxyl groups excluding tert-OH is 1. The summed E-state index contributed by atoms with van der Waals surface area (Å²) in [5.41, 5.74) is 1.17. The first-order chi connectivity index (χ1) is 8.24. The Balaban J connectivity index is 1.79. The number of thioether (sulfide) groups is 1. The molecule has 1 atom stereocenters. The molecule has 1 aliphatic heterocycles. The van der Waals surface area contributed by atoms with Gasteiger partial charge in [-0.05, 0) is 60.8 Å². The second kappa shape index (κ2) is 6.67. The van der Waals surface area contributed by atoms with E-state index in [4.69, 9.17) is 11.6 Å². The zero-order chi connectivity index (χ0) is 12.1. The fourth-order valence-electron chi connectivity index (χ4n) is 2.34. The van der Waals surface area contributed by atoms with E-state index in [2.05, 4.69) is 0 Å². The first-order valence-electron chi connectivity index (χ1n) is 6.24. The summed E-state index contributed by atoms with van der Waals surface area (Å²) < 4.78 is 0. The van der Waals surface area contributed by atoms with Crippen molar-refractivity contribution in [2.24, 2.45) is 5.92 Å². The normalized spacial score (nSPS) is 19.2. The van der Waals surface area contributed by atoms with E-state index in [1.165, 1.54) is 29.9 Å². The molecule has 3 heteroatoms. The van der Waals surface area contributed by atoms with Crippen LogP contribution in [0.3, 0.4) is 0 Å². The van der Waals surface area contributed by atoms with Crippen molar-refractivity contribution in [3.8, 4) is 0 Å². The maximum atomic E-state index is 10.1. The smallest absolute Gasteiger partial charge is 0.0583 e. The van der Waals surface area contributed by atoms with Gasteiger partial charge in [0.2, 0.25) is 0 Å². The Kier molecular flexibility index (Phi) is 5.20. The third-order valence-electron chi connectivity index (χ3n) is 3.33. The number of rotatable bonds is 4. The SMILES string of the molecule is OC(Cc1ccc(Cl)cc1)CC1CCSCC1. The van der Waals surface area contributed by atoms with Crippen molar-refractivity contribution in [1.29, 1.82) is 0 Å². The highest BCUT2D eigenvalue weighted by Gasteiger charge is 2.17. The van der Waals surface area contributed by atoms with Gasteiger partial charge in [0.05, 0.1) is 6.10 Å². The van der Waals surface area contributed by atoms with Gasteiger partial charge in [0.15, 0.2) is 0 Å². The number of aliphatic hydroxyl groups is 1. The number of benzene rings is 1. The van der Waals surface area contributed by atoms with Gasteiger partial charge >= 0.3 is 0 Å². The Labute approximate surface area is 113 Å². The van der Waals surface area contributed by atoms with Crippen LogP contribution in [0.2, 0.25) is 5.02 Å². The molecule has 0 saturated carbocycles. The summed E-state index contributed by atoms with van der Waals surface area (Å²) in [4.78, 5) is 0. The van der Waals surface area contributed by atoms with E-state index in [-0.39, 0.29) is 6.10 Å². The van der Waals surface area contributed by atoms with Crippen LogP contribution < -0.4 is 0 Å². The minimum absolute atomic E-state index is 0.204. The molecular formula is C14H19ClOS. The molecule has 1 aromatic carbocycles. The van der Waals surface area contributed by atoms with Gasteiger partial charge in [-0.15, -0.1) is 0 Å². The van der Waals surface area contributed by atoms with Crippen molar-refractivity contribution in [2.45, 2.75) is 31.8 Å². The van der Waals surface area contributed by atoms with Crippen LogP contribution in [0.4, 0.5) is 0 Å². The Morgan fingerprint density at radius 1 is 1.24 bits per heavy atom. The molecule has 1 heterocycles. The van der Waals surface area contributed by atoms with Gasteiger partial charge in [-0.2, -0.15) is 11.8 Å². The molecule has 94 valence electrons. The molecule has 0 radical (unpaired) electrons.